The zero-order chi connectivity index (χ0) is 15.5. The lowest BCUT2D eigenvalue weighted by atomic mass is 10.2. The first-order chi connectivity index (χ1) is 9.99. The van der Waals surface area contributed by atoms with Crippen LogP contribution in [0, 0.1) is 0 Å². The third-order valence-corrected chi connectivity index (χ3v) is 5.92. The van der Waals surface area contributed by atoms with Crippen LogP contribution in [0.25, 0.3) is 0 Å². The Morgan fingerprint density at radius 2 is 1.62 bits per heavy atom. The highest BCUT2D eigenvalue weighted by molar-refractivity contribution is 7.67. The van der Waals surface area contributed by atoms with Crippen molar-refractivity contribution in [2.24, 2.45) is 0 Å². The Morgan fingerprint density at radius 3 is 2.10 bits per heavy atom. The van der Waals surface area contributed by atoms with Crippen LogP contribution in [0.1, 0.15) is 11.4 Å². The van der Waals surface area contributed by atoms with Gasteiger partial charge in [-0.2, -0.15) is 0 Å². The van der Waals surface area contributed by atoms with Crippen molar-refractivity contribution >= 4 is 18.4 Å². The van der Waals surface area contributed by atoms with Crippen molar-refractivity contribution in [3.8, 4) is 0 Å². The van der Waals surface area contributed by atoms with Gasteiger partial charge in [-0.15, -0.1) is 0 Å². The molecule has 0 radical (unpaired) electrons. The zero-order valence-corrected chi connectivity index (χ0v) is 13.3. The maximum absolute atomic E-state index is 13.1. The average Bonchev–Trinajstić information content (AvgIpc) is 2.54. The fourth-order valence-corrected chi connectivity index (χ4v) is 3.95. The lowest BCUT2D eigenvalue weighted by Crippen LogP contribution is -2.15. The molecule has 0 spiro atoms. The van der Waals surface area contributed by atoms with Crippen molar-refractivity contribution in [2.45, 2.75) is 5.85 Å². The number of aliphatic hydroxyl groups excluding tert-OH is 1. The van der Waals surface area contributed by atoms with E-state index in [4.69, 9.17) is 4.52 Å². The summed E-state index contributed by atoms with van der Waals surface area (Å²) in [6.45, 7) is 0. The Kier molecular flexibility index (Phi) is 4.84. The molecule has 0 aliphatic carbocycles. The number of aliphatic hydroxyl groups is 1. The van der Waals surface area contributed by atoms with E-state index in [-0.39, 0.29) is 0 Å². The molecule has 0 unspecified atom stereocenters. The van der Waals surface area contributed by atoms with Crippen molar-refractivity contribution in [3.05, 3.63) is 60.2 Å². The molecule has 0 saturated heterocycles. The molecule has 0 bridgehead atoms. The molecule has 0 saturated carbocycles. The van der Waals surface area contributed by atoms with Gasteiger partial charge in [0.1, 0.15) is 0 Å². The van der Waals surface area contributed by atoms with Crippen LogP contribution in [-0.2, 0) is 9.09 Å². The molecule has 0 aliphatic heterocycles. The molecule has 5 heteroatoms. The molecule has 21 heavy (non-hydrogen) atoms. The lowest BCUT2D eigenvalue weighted by Gasteiger charge is -2.23. The maximum Gasteiger partial charge on any atom is 0.263 e. The monoisotopic (exact) mass is 305 g/mol. The molecular weight excluding hydrogens is 285 g/mol. The van der Waals surface area contributed by atoms with Crippen molar-refractivity contribution < 1.29 is 14.2 Å². The molecule has 1 N–H and O–H groups in total. The van der Waals surface area contributed by atoms with Crippen LogP contribution < -0.4 is 10.2 Å². The first-order valence-corrected chi connectivity index (χ1v) is 8.35. The summed E-state index contributed by atoms with van der Waals surface area (Å²) in [7, 11) is 1.86. The van der Waals surface area contributed by atoms with Gasteiger partial charge < -0.3 is 14.5 Å². The smallest absolute Gasteiger partial charge is 0.263 e. The van der Waals surface area contributed by atoms with Gasteiger partial charge in [0.05, 0.1) is 0 Å². The summed E-state index contributed by atoms with van der Waals surface area (Å²) < 4.78 is 18.3. The Bertz CT molecular complexity index is 626. The van der Waals surface area contributed by atoms with E-state index in [9.17, 15) is 9.67 Å². The molecule has 0 heterocycles. The van der Waals surface area contributed by atoms with Crippen LogP contribution in [0.2, 0.25) is 0 Å². The predicted molar refractivity (Wildman–Crippen MR) is 86.4 cm³/mol. The van der Waals surface area contributed by atoms with Gasteiger partial charge in [-0.3, -0.25) is 4.57 Å². The summed E-state index contributed by atoms with van der Waals surface area (Å²) in [5.41, 5.74) is 1.58. The molecule has 2 atom stereocenters. The van der Waals surface area contributed by atoms with Crippen molar-refractivity contribution in [3.63, 3.8) is 0 Å². The second kappa shape index (κ2) is 6.44. The summed E-state index contributed by atoms with van der Waals surface area (Å²) in [4.78, 5) is 1.95. The van der Waals surface area contributed by atoms with Gasteiger partial charge in [0.2, 0.25) is 0 Å². The highest BCUT2D eigenvalue weighted by atomic mass is 31.2. The molecular formula is C16H20NO3P. The first kappa shape index (κ1) is 15.8. The van der Waals surface area contributed by atoms with Gasteiger partial charge in [-0.1, -0.05) is 30.3 Å². The molecule has 0 amide bonds. The van der Waals surface area contributed by atoms with E-state index in [0.29, 0.717) is 10.9 Å². The van der Waals surface area contributed by atoms with Gasteiger partial charge in [0, 0.05) is 32.2 Å². The molecule has 0 aromatic heterocycles. The van der Waals surface area contributed by atoms with E-state index >= 15 is 0 Å². The largest absolute Gasteiger partial charge is 0.378 e. The normalized spacial score (nSPS) is 15.2. The van der Waals surface area contributed by atoms with Crippen LogP contribution in [-0.4, -0.2) is 26.3 Å². The van der Waals surface area contributed by atoms with E-state index in [1.165, 1.54) is 7.11 Å². The second-order valence-corrected chi connectivity index (χ2v) is 7.54. The molecule has 112 valence electrons. The third-order valence-electron chi connectivity index (χ3n) is 3.42. The van der Waals surface area contributed by atoms with Gasteiger partial charge in [-0.25, -0.2) is 0 Å². The highest BCUT2D eigenvalue weighted by Crippen LogP contribution is 2.56. The summed E-state index contributed by atoms with van der Waals surface area (Å²) in [6, 6.07) is 16.1. The highest BCUT2D eigenvalue weighted by Gasteiger charge is 2.35. The van der Waals surface area contributed by atoms with Crippen LogP contribution in [0.15, 0.2) is 54.6 Å². The average molecular weight is 305 g/mol. The number of nitrogens with zero attached hydrogens (tertiary/aromatic N) is 1. The van der Waals surface area contributed by atoms with E-state index in [1.807, 2.05) is 37.2 Å². The fraction of sp³-hybridized carbons (Fsp3) is 0.250. The lowest BCUT2D eigenvalue weighted by molar-refractivity contribution is 0.229. The van der Waals surface area contributed by atoms with Crippen LogP contribution in [0.5, 0.6) is 0 Å². The number of anilines is 1. The van der Waals surface area contributed by atoms with Gasteiger partial charge in [0.15, 0.2) is 5.85 Å². The minimum atomic E-state index is -3.38. The standard InChI is InChI=1S/C16H20NO3P/c1-17(2)14-9-11-15(12-10-14)21(19,20-3)16(18)13-7-5-4-6-8-13/h4-12,16,18H,1-3H3/t16-,21-/m1/s1. The minimum Gasteiger partial charge on any atom is -0.378 e. The molecule has 2 rings (SSSR count). The van der Waals surface area contributed by atoms with Crippen molar-refractivity contribution in [2.75, 3.05) is 26.1 Å². The summed E-state index contributed by atoms with van der Waals surface area (Å²) in [5.74, 6) is -1.17. The Hall–Kier alpha value is -1.61. The van der Waals surface area contributed by atoms with Gasteiger partial charge in [-0.05, 0) is 29.8 Å². The predicted octanol–water partition coefficient (Wildman–Crippen LogP) is 2.99. The number of rotatable bonds is 5. The van der Waals surface area contributed by atoms with Gasteiger partial charge in [0.25, 0.3) is 7.37 Å². The van der Waals surface area contributed by atoms with E-state index in [1.54, 1.807) is 36.4 Å². The first-order valence-electron chi connectivity index (χ1n) is 6.65. The van der Waals surface area contributed by atoms with Crippen molar-refractivity contribution in [1.82, 2.24) is 0 Å². The Labute approximate surface area is 125 Å². The van der Waals surface area contributed by atoms with Crippen molar-refractivity contribution in [1.29, 1.82) is 0 Å². The topological polar surface area (TPSA) is 49.8 Å². The Balaban J connectivity index is 2.39. The molecule has 0 fully saturated rings. The quantitative estimate of drug-likeness (QED) is 0.863. The molecule has 2 aromatic rings. The minimum absolute atomic E-state index is 0.506. The van der Waals surface area contributed by atoms with E-state index in [0.717, 1.165) is 5.69 Å². The molecule has 0 aliphatic rings. The van der Waals surface area contributed by atoms with Gasteiger partial charge >= 0.3 is 0 Å². The van der Waals surface area contributed by atoms with Crippen LogP contribution in [0.3, 0.4) is 0 Å². The zero-order valence-electron chi connectivity index (χ0n) is 12.4. The van der Waals surface area contributed by atoms with Crippen LogP contribution >= 0.6 is 7.37 Å². The summed E-state index contributed by atoms with van der Waals surface area (Å²) in [6.07, 6.45) is 0. The maximum atomic E-state index is 13.1. The number of benzene rings is 2. The second-order valence-electron chi connectivity index (χ2n) is 4.97. The van der Waals surface area contributed by atoms with Crippen LogP contribution in [0.4, 0.5) is 5.69 Å². The summed E-state index contributed by atoms with van der Waals surface area (Å²) in [5, 5.41) is 11.0. The summed E-state index contributed by atoms with van der Waals surface area (Å²) >= 11 is 0. The molecule has 2 aromatic carbocycles. The Morgan fingerprint density at radius 1 is 1.05 bits per heavy atom. The van der Waals surface area contributed by atoms with E-state index < -0.39 is 13.2 Å². The fourth-order valence-electron chi connectivity index (χ4n) is 2.13. The number of hydrogen-bond acceptors (Lipinski definition) is 4. The SMILES string of the molecule is CO[P@](=O)(c1ccc(N(C)C)cc1)[C@@H](O)c1ccccc1. The molecule has 4 nitrogen and oxygen atoms in total. The number of hydrogen-bond donors (Lipinski definition) is 1. The third kappa shape index (κ3) is 3.18. The van der Waals surface area contributed by atoms with E-state index in [2.05, 4.69) is 0 Å².